The molecule has 2 aromatic rings. The topological polar surface area (TPSA) is 75.1 Å². The van der Waals surface area contributed by atoms with Gasteiger partial charge in [-0.05, 0) is 31.5 Å². The average Bonchev–Trinajstić information content (AvgIpc) is 2.37. The molecule has 2 rings (SSSR count). The van der Waals surface area contributed by atoms with Gasteiger partial charge in [0, 0.05) is 6.20 Å². The maximum absolute atomic E-state index is 11.2. The molecular formula is C14H15N3O2. The number of anilines is 1. The molecule has 0 amide bonds. The van der Waals surface area contributed by atoms with Gasteiger partial charge in [-0.2, -0.15) is 0 Å². The van der Waals surface area contributed by atoms with Crippen molar-refractivity contribution in [3.63, 3.8) is 0 Å². The Morgan fingerprint density at radius 1 is 1.32 bits per heavy atom. The van der Waals surface area contributed by atoms with Gasteiger partial charge in [-0.15, -0.1) is 0 Å². The summed E-state index contributed by atoms with van der Waals surface area (Å²) in [5, 5.41) is 12.3. The Kier molecular flexibility index (Phi) is 3.75. The van der Waals surface area contributed by atoms with E-state index in [9.17, 15) is 4.79 Å². The molecule has 0 spiro atoms. The summed E-state index contributed by atoms with van der Waals surface area (Å²) < 4.78 is 0. The summed E-state index contributed by atoms with van der Waals surface area (Å²) in [6, 6.07) is 7.00. The fourth-order valence-corrected chi connectivity index (χ4v) is 1.86. The van der Waals surface area contributed by atoms with Crippen LogP contribution in [0.25, 0.3) is 0 Å². The van der Waals surface area contributed by atoms with E-state index in [2.05, 4.69) is 15.3 Å². The molecule has 0 aliphatic heterocycles. The fraction of sp³-hybridized carbons (Fsp3) is 0.214. The van der Waals surface area contributed by atoms with Crippen LogP contribution in [0, 0.1) is 13.8 Å². The summed E-state index contributed by atoms with van der Waals surface area (Å²) in [5.41, 5.74) is 2.62. The van der Waals surface area contributed by atoms with Gasteiger partial charge in [-0.25, -0.2) is 14.8 Å². The molecule has 2 N–H and O–H groups in total. The first-order chi connectivity index (χ1) is 9.08. The van der Waals surface area contributed by atoms with Gasteiger partial charge in [0.25, 0.3) is 0 Å². The minimum Gasteiger partial charge on any atom is -0.478 e. The second-order valence-electron chi connectivity index (χ2n) is 4.25. The van der Waals surface area contributed by atoms with Crippen LogP contribution in [0.15, 0.2) is 30.5 Å². The minimum atomic E-state index is -0.940. The number of nitrogens with zero attached hydrogens (tertiary/aromatic N) is 2. The number of para-hydroxylation sites is 1. The molecule has 19 heavy (non-hydrogen) atoms. The fourth-order valence-electron chi connectivity index (χ4n) is 1.86. The third-order valence-corrected chi connectivity index (χ3v) is 2.78. The van der Waals surface area contributed by atoms with Crippen molar-refractivity contribution in [2.45, 2.75) is 20.4 Å². The zero-order chi connectivity index (χ0) is 13.8. The standard InChI is InChI=1S/C14H15N3O2/c1-9-4-3-5-12(14(18)19)13(9)16-8-11-6-7-15-10(2)17-11/h3-7,16H,8H2,1-2H3,(H,18,19). The summed E-state index contributed by atoms with van der Waals surface area (Å²) in [6.07, 6.45) is 1.69. The smallest absolute Gasteiger partial charge is 0.337 e. The number of aryl methyl sites for hydroxylation is 2. The predicted octanol–water partition coefficient (Wildman–Crippen LogP) is 2.40. The van der Waals surface area contributed by atoms with E-state index >= 15 is 0 Å². The zero-order valence-corrected chi connectivity index (χ0v) is 10.8. The summed E-state index contributed by atoms with van der Waals surface area (Å²) in [7, 11) is 0. The number of hydrogen-bond donors (Lipinski definition) is 2. The Labute approximate surface area is 111 Å². The highest BCUT2D eigenvalue weighted by Crippen LogP contribution is 2.21. The van der Waals surface area contributed by atoms with Crippen molar-refractivity contribution in [1.29, 1.82) is 0 Å². The van der Waals surface area contributed by atoms with Crippen molar-refractivity contribution in [1.82, 2.24) is 9.97 Å². The Morgan fingerprint density at radius 3 is 2.79 bits per heavy atom. The van der Waals surface area contributed by atoms with E-state index in [1.807, 2.05) is 19.9 Å². The van der Waals surface area contributed by atoms with Crippen LogP contribution in [-0.4, -0.2) is 21.0 Å². The van der Waals surface area contributed by atoms with Crippen molar-refractivity contribution >= 4 is 11.7 Å². The van der Waals surface area contributed by atoms with Crippen molar-refractivity contribution in [3.8, 4) is 0 Å². The van der Waals surface area contributed by atoms with Crippen molar-refractivity contribution in [2.24, 2.45) is 0 Å². The first-order valence-corrected chi connectivity index (χ1v) is 5.93. The third kappa shape index (κ3) is 3.07. The molecule has 0 atom stereocenters. The van der Waals surface area contributed by atoms with E-state index in [1.165, 1.54) is 0 Å². The number of carboxylic acid groups (broad SMARTS) is 1. The molecule has 5 heteroatoms. The highest BCUT2D eigenvalue weighted by Gasteiger charge is 2.11. The summed E-state index contributed by atoms with van der Waals surface area (Å²) >= 11 is 0. The van der Waals surface area contributed by atoms with Crippen LogP contribution in [0.4, 0.5) is 5.69 Å². The monoisotopic (exact) mass is 257 g/mol. The Bertz CT molecular complexity index is 611. The maximum atomic E-state index is 11.2. The van der Waals surface area contributed by atoms with Crippen LogP contribution in [0.5, 0.6) is 0 Å². The molecule has 1 aromatic carbocycles. The van der Waals surface area contributed by atoms with E-state index in [-0.39, 0.29) is 5.56 Å². The molecule has 1 heterocycles. The molecule has 0 aliphatic rings. The molecular weight excluding hydrogens is 242 g/mol. The van der Waals surface area contributed by atoms with Crippen LogP contribution < -0.4 is 5.32 Å². The largest absolute Gasteiger partial charge is 0.478 e. The van der Waals surface area contributed by atoms with Crippen LogP contribution >= 0.6 is 0 Å². The van der Waals surface area contributed by atoms with Crippen molar-refractivity contribution in [3.05, 3.63) is 53.1 Å². The molecule has 1 aromatic heterocycles. The molecule has 0 aliphatic carbocycles. The number of aromatic nitrogens is 2. The molecule has 0 radical (unpaired) electrons. The van der Waals surface area contributed by atoms with Gasteiger partial charge in [-0.3, -0.25) is 0 Å². The molecule has 0 bridgehead atoms. The number of carboxylic acids is 1. The maximum Gasteiger partial charge on any atom is 0.337 e. The first kappa shape index (κ1) is 13.0. The highest BCUT2D eigenvalue weighted by molar-refractivity contribution is 5.95. The molecule has 0 fully saturated rings. The Morgan fingerprint density at radius 2 is 2.11 bits per heavy atom. The van der Waals surface area contributed by atoms with Crippen molar-refractivity contribution < 1.29 is 9.90 Å². The van der Waals surface area contributed by atoms with Gasteiger partial charge in [0.15, 0.2) is 0 Å². The Balaban J connectivity index is 2.22. The number of nitrogens with one attached hydrogen (secondary N) is 1. The molecule has 5 nitrogen and oxygen atoms in total. The summed E-state index contributed by atoms with van der Waals surface area (Å²) in [5.74, 6) is -0.243. The van der Waals surface area contributed by atoms with Gasteiger partial charge in [-0.1, -0.05) is 12.1 Å². The summed E-state index contributed by atoms with van der Waals surface area (Å²) in [6.45, 7) is 4.16. The second-order valence-corrected chi connectivity index (χ2v) is 4.25. The van der Waals surface area contributed by atoms with Gasteiger partial charge in [0.1, 0.15) is 5.82 Å². The minimum absolute atomic E-state index is 0.269. The van der Waals surface area contributed by atoms with Gasteiger partial charge >= 0.3 is 5.97 Å². The third-order valence-electron chi connectivity index (χ3n) is 2.78. The number of rotatable bonds is 4. The normalized spacial score (nSPS) is 10.2. The lowest BCUT2D eigenvalue weighted by atomic mass is 10.1. The lowest BCUT2D eigenvalue weighted by molar-refractivity contribution is 0.0698. The molecule has 0 saturated heterocycles. The van der Waals surface area contributed by atoms with Gasteiger partial charge in [0.05, 0.1) is 23.5 Å². The molecule has 98 valence electrons. The van der Waals surface area contributed by atoms with E-state index in [1.54, 1.807) is 24.4 Å². The molecule has 0 unspecified atom stereocenters. The molecule has 0 saturated carbocycles. The highest BCUT2D eigenvalue weighted by atomic mass is 16.4. The van der Waals surface area contributed by atoms with Crippen molar-refractivity contribution in [2.75, 3.05) is 5.32 Å². The Hall–Kier alpha value is -2.43. The number of aromatic carboxylic acids is 1. The lowest BCUT2D eigenvalue weighted by Crippen LogP contribution is -2.09. The van der Waals surface area contributed by atoms with Crippen LogP contribution in [0.3, 0.4) is 0 Å². The van der Waals surface area contributed by atoms with Gasteiger partial charge in [0.2, 0.25) is 0 Å². The number of carbonyl (C=O) groups is 1. The lowest BCUT2D eigenvalue weighted by Gasteiger charge is -2.12. The first-order valence-electron chi connectivity index (χ1n) is 5.93. The average molecular weight is 257 g/mol. The summed E-state index contributed by atoms with van der Waals surface area (Å²) in [4.78, 5) is 19.5. The van der Waals surface area contributed by atoms with Crippen LogP contribution in [0.2, 0.25) is 0 Å². The van der Waals surface area contributed by atoms with Crippen LogP contribution in [0.1, 0.15) is 27.4 Å². The quantitative estimate of drug-likeness (QED) is 0.879. The van der Waals surface area contributed by atoms with E-state index in [0.29, 0.717) is 18.1 Å². The van der Waals surface area contributed by atoms with E-state index < -0.39 is 5.97 Å². The number of hydrogen-bond acceptors (Lipinski definition) is 4. The number of benzene rings is 1. The van der Waals surface area contributed by atoms with Crippen LogP contribution in [-0.2, 0) is 6.54 Å². The second kappa shape index (κ2) is 5.48. The van der Waals surface area contributed by atoms with Gasteiger partial charge < -0.3 is 10.4 Å². The SMILES string of the molecule is Cc1nccc(CNc2c(C)cccc2C(=O)O)n1. The predicted molar refractivity (Wildman–Crippen MR) is 72.2 cm³/mol. The van der Waals surface area contributed by atoms with E-state index in [0.717, 1.165) is 11.3 Å². The van der Waals surface area contributed by atoms with E-state index in [4.69, 9.17) is 5.11 Å². The zero-order valence-electron chi connectivity index (χ0n) is 10.8.